The lowest BCUT2D eigenvalue weighted by Crippen LogP contribution is -2.64. The molecule has 1 spiro atoms. The van der Waals surface area contributed by atoms with Crippen LogP contribution in [0.5, 0.6) is 0 Å². The van der Waals surface area contributed by atoms with Gasteiger partial charge in [-0.05, 0) is 97.3 Å². The topological polar surface area (TPSA) is 110 Å². The van der Waals surface area contributed by atoms with Gasteiger partial charge in [0.25, 0.3) is 0 Å². The summed E-state index contributed by atoms with van der Waals surface area (Å²) in [6.07, 6.45) is 8.83. The summed E-state index contributed by atoms with van der Waals surface area (Å²) in [5.41, 5.74) is 3.07. The second-order valence-electron chi connectivity index (χ2n) is 17.4. The first-order valence-corrected chi connectivity index (χ1v) is 19.1. The third kappa shape index (κ3) is 5.39. The Morgan fingerprint density at radius 1 is 0.979 bits per heavy atom. The molecule has 0 aromatic heterocycles. The summed E-state index contributed by atoms with van der Waals surface area (Å²) < 4.78 is 26.3. The lowest BCUT2D eigenvalue weighted by atomic mass is 9.47. The Hall–Kier alpha value is -1.36. The molecule has 1 aromatic rings. The highest BCUT2D eigenvalue weighted by atomic mass is 16.7. The normalized spacial score (nSPS) is 51.5. The van der Waals surface area contributed by atoms with Crippen LogP contribution in [0.2, 0.25) is 0 Å². The third-order valence-electron chi connectivity index (χ3n) is 14.9. The van der Waals surface area contributed by atoms with Gasteiger partial charge in [0, 0.05) is 18.9 Å². The average Bonchev–Trinajstić information content (AvgIpc) is 3.53. The zero-order valence-electron chi connectivity index (χ0n) is 29.4. The van der Waals surface area contributed by atoms with Crippen molar-refractivity contribution in [3.63, 3.8) is 0 Å². The van der Waals surface area contributed by atoms with Crippen LogP contribution in [0.25, 0.3) is 0 Å². The molecule has 3 heterocycles. The first kappa shape index (κ1) is 33.8. The summed E-state index contributed by atoms with van der Waals surface area (Å²) in [7, 11) is 0. The Morgan fingerprint density at radius 3 is 2.54 bits per heavy atom. The van der Waals surface area contributed by atoms with E-state index in [1.54, 1.807) is 0 Å². The van der Waals surface area contributed by atoms with Crippen LogP contribution >= 0.6 is 0 Å². The van der Waals surface area contributed by atoms with Crippen molar-refractivity contribution in [1.82, 2.24) is 5.32 Å². The number of hydrogen-bond donors (Lipinski definition) is 4. The Labute approximate surface area is 286 Å². The van der Waals surface area contributed by atoms with Crippen molar-refractivity contribution in [2.24, 2.45) is 46.3 Å². The number of aliphatic hydroxyl groups is 3. The number of aliphatic hydroxyl groups excluding tert-OH is 3. The number of fused-ring (bicyclic) bond motifs is 7. The van der Waals surface area contributed by atoms with Gasteiger partial charge >= 0.3 is 0 Å². The van der Waals surface area contributed by atoms with Crippen LogP contribution in [0.4, 0.5) is 0 Å². The van der Waals surface area contributed by atoms with Crippen LogP contribution in [-0.4, -0.2) is 77.2 Å². The second kappa shape index (κ2) is 12.7. The number of allylic oxidation sites excluding steroid dienone is 1. The van der Waals surface area contributed by atoms with Crippen LogP contribution in [0.3, 0.4) is 0 Å². The fourth-order valence-corrected chi connectivity index (χ4v) is 12.2. The van der Waals surface area contributed by atoms with Crippen molar-refractivity contribution >= 4 is 0 Å². The maximum atomic E-state index is 11.1. The first-order valence-electron chi connectivity index (χ1n) is 19.1. The molecule has 6 fully saturated rings. The molecule has 16 atom stereocenters. The van der Waals surface area contributed by atoms with E-state index >= 15 is 0 Å². The highest BCUT2D eigenvalue weighted by molar-refractivity contribution is 5.26. The van der Waals surface area contributed by atoms with E-state index < -0.39 is 30.6 Å². The van der Waals surface area contributed by atoms with E-state index in [0.717, 1.165) is 44.3 Å². The van der Waals surface area contributed by atoms with Crippen molar-refractivity contribution in [3.05, 3.63) is 47.5 Å². The van der Waals surface area contributed by atoms with E-state index in [0.29, 0.717) is 53.6 Å². The third-order valence-corrected chi connectivity index (χ3v) is 14.9. The minimum Gasteiger partial charge on any atom is -0.394 e. The number of hydrogen-bond acceptors (Lipinski definition) is 8. The maximum absolute atomic E-state index is 11.1. The monoisotopic (exact) mass is 665 g/mol. The number of ether oxygens (including phenoxy) is 4. The van der Waals surface area contributed by atoms with Crippen molar-refractivity contribution in [1.29, 1.82) is 0 Å². The van der Waals surface area contributed by atoms with Crippen LogP contribution in [0, 0.1) is 46.3 Å². The molecule has 4 aliphatic carbocycles. The molecule has 48 heavy (non-hydrogen) atoms. The van der Waals surface area contributed by atoms with E-state index in [9.17, 15) is 15.3 Å². The Bertz CT molecular complexity index is 1330. The standard InChI is InChI=1S/C40H59NO7/c1-23-12-17-40(45-22-23)24(2)33-31(48-40)19-30-28-11-10-26-18-27(13-15-38(26,3)29(28)14-16-39(30,33)4)46-37-34(36(44)35(43)32(21-42)47-37)41-20-25-8-6-5-7-9-25/h5-10,23-24,27-37,41-44H,11-22H2,1-4H3/t23-,24+,27+,28-,29+,30+,31+,32-,33+,34-,35-,36-,37?,38+,39+,40-/m1/s1. The highest BCUT2D eigenvalue weighted by Crippen LogP contribution is 2.70. The molecule has 1 unspecified atom stereocenters. The molecule has 0 bridgehead atoms. The molecular weight excluding hydrogens is 606 g/mol. The van der Waals surface area contributed by atoms with Gasteiger partial charge in [-0.1, -0.05) is 69.7 Å². The Balaban J connectivity index is 0.959. The summed E-state index contributed by atoms with van der Waals surface area (Å²) in [4.78, 5) is 0. The van der Waals surface area contributed by atoms with E-state index in [4.69, 9.17) is 18.9 Å². The lowest BCUT2D eigenvalue weighted by Gasteiger charge is -2.58. The molecule has 3 saturated carbocycles. The molecule has 8 heteroatoms. The minimum atomic E-state index is -1.19. The molecule has 3 aliphatic heterocycles. The van der Waals surface area contributed by atoms with Gasteiger partial charge in [-0.3, -0.25) is 0 Å². The van der Waals surface area contributed by atoms with E-state index in [1.165, 1.54) is 31.3 Å². The SMILES string of the molecule is C[C@@H]1CC[C@@]2(OC1)O[C@H]1C[C@H]3[C@@H]4CC=C5C[C@@H](OC6O[C@H](CO)[C@@H](O)[C@H](O)[C@H]6NCc6ccccc6)CC[C@]5(C)[C@H]4CC[C@]3(C)[C@H]1[C@@H]2C. The zero-order chi connectivity index (χ0) is 33.4. The molecule has 0 amide bonds. The minimum absolute atomic E-state index is 0.0444. The lowest BCUT2D eigenvalue weighted by molar-refractivity contribution is -0.285. The Kier molecular flexibility index (Phi) is 8.93. The molecule has 1 aromatic carbocycles. The average molecular weight is 666 g/mol. The zero-order valence-corrected chi connectivity index (χ0v) is 29.4. The molecule has 0 radical (unpaired) electrons. The van der Waals surface area contributed by atoms with Crippen molar-refractivity contribution < 1.29 is 34.3 Å². The molecule has 7 aliphatic rings. The fraction of sp³-hybridized carbons (Fsp3) is 0.800. The molecule has 4 N–H and O–H groups in total. The summed E-state index contributed by atoms with van der Waals surface area (Å²) in [5.74, 6) is 3.34. The van der Waals surface area contributed by atoms with Gasteiger partial charge in [-0.2, -0.15) is 0 Å². The van der Waals surface area contributed by atoms with E-state index in [2.05, 4.69) is 39.1 Å². The van der Waals surface area contributed by atoms with Gasteiger partial charge in [0.1, 0.15) is 18.3 Å². The summed E-state index contributed by atoms with van der Waals surface area (Å²) >= 11 is 0. The predicted octanol–water partition coefficient (Wildman–Crippen LogP) is 5.34. The van der Waals surface area contributed by atoms with E-state index in [1.807, 2.05) is 30.3 Å². The number of nitrogens with one attached hydrogen (secondary N) is 1. The summed E-state index contributed by atoms with van der Waals surface area (Å²) in [5, 5.41) is 35.1. The molecule has 3 saturated heterocycles. The predicted molar refractivity (Wildman–Crippen MR) is 181 cm³/mol. The van der Waals surface area contributed by atoms with Crippen LogP contribution in [-0.2, 0) is 25.5 Å². The van der Waals surface area contributed by atoms with Gasteiger partial charge in [0.15, 0.2) is 12.1 Å². The van der Waals surface area contributed by atoms with Crippen LogP contribution in [0.15, 0.2) is 42.0 Å². The summed E-state index contributed by atoms with van der Waals surface area (Å²) in [6.45, 7) is 10.8. The van der Waals surface area contributed by atoms with Crippen LogP contribution < -0.4 is 5.32 Å². The quantitative estimate of drug-likeness (QED) is 0.302. The Morgan fingerprint density at radius 2 is 1.79 bits per heavy atom. The first-order chi connectivity index (χ1) is 23.1. The van der Waals surface area contributed by atoms with Gasteiger partial charge in [0.05, 0.1) is 31.5 Å². The largest absolute Gasteiger partial charge is 0.394 e. The summed E-state index contributed by atoms with van der Waals surface area (Å²) in [6, 6.07) is 9.38. The van der Waals surface area contributed by atoms with Gasteiger partial charge in [-0.15, -0.1) is 0 Å². The molecule has 8 rings (SSSR count). The van der Waals surface area contributed by atoms with Crippen molar-refractivity contribution in [2.75, 3.05) is 13.2 Å². The van der Waals surface area contributed by atoms with Crippen molar-refractivity contribution in [3.8, 4) is 0 Å². The fourth-order valence-electron chi connectivity index (χ4n) is 12.2. The number of benzene rings is 1. The molecular formula is C40H59NO7. The van der Waals surface area contributed by atoms with Crippen molar-refractivity contribution in [2.45, 2.75) is 141 Å². The van der Waals surface area contributed by atoms with Gasteiger partial charge in [0.2, 0.25) is 0 Å². The van der Waals surface area contributed by atoms with E-state index in [-0.39, 0.29) is 23.9 Å². The molecule has 266 valence electrons. The highest BCUT2D eigenvalue weighted by Gasteiger charge is 2.68. The molecule has 8 nitrogen and oxygen atoms in total. The number of rotatable bonds is 6. The van der Waals surface area contributed by atoms with Gasteiger partial charge < -0.3 is 39.6 Å². The smallest absolute Gasteiger partial charge is 0.176 e. The maximum Gasteiger partial charge on any atom is 0.176 e. The van der Waals surface area contributed by atoms with Gasteiger partial charge in [-0.25, -0.2) is 0 Å². The van der Waals surface area contributed by atoms with Crippen LogP contribution in [0.1, 0.15) is 91.0 Å². The second-order valence-corrected chi connectivity index (χ2v) is 17.4.